The highest BCUT2D eigenvalue weighted by molar-refractivity contribution is 4.86. The first-order valence-electron chi connectivity index (χ1n) is 6.74. The summed E-state index contributed by atoms with van der Waals surface area (Å²) in [5.41, 5.74) is 6.07. The van der Waals surface area contributed by atoms with E-state index < -0.39 is 0 Å². The van der Waals surface area contributed by atoms with E-state index in [1.165, 1.54) is 12.8 Å². The summed E-state index contributed by atoms with van der Waals surface area (Å²) in [6.07, 6.45) is 3.52. The van der Waals surface area contributed by atoms with Gasteiger partial charge in [0.1, 0.15) is 0 Å². The molecule has 16 heavy (non-hydrogen) atoms. The molecule has 3 heteroatoms. The molecule has 1 rings (SSSR count). The lowest BCUT2D eigenvalue weighted by Crippen LogP contribution is -2.52. The second-order valence-corrected chi connectivity index (χ2v) is 5.05. The Morgan fingerprint density at radius 2 is 2.06 bits per heavy atom. The van der Waals surface area contributed by atoms with Gasteiger partial charge in [0.05, 0.1) is 6.61 Å². The van der Waals surface area contributed by atoms with Gasteiger partial charge in [0.25, 0.3) is 0 Å². The van der Waals surface area contributed by atoms with Gasteiger partial charge in [-0.05, 0) is 25.7 Å². The predicted octanol–water partition coefficient (Wildman–Crippen LogP) is 1.86. The second kappa shape index (κ2) is 7.25. The molecule has 0 bridgehead atoms. The van der Waals surface area contributed by atoms with Crippen molar-refractivity contribution in [3.05, 3.63) is 0 Å². The minimum atomic E-state index is 0.382. The first-order valence-corrected chi connectivity index (χ1v) is 6.74. The molecule has 0 aromatic heterocycles. The van der Waals surface area contributed by atoms with Crippen LogP contribution in [0.25, 0.3) is 0 Å². The van der Waals surface area contributed by atoms with E-state index >= 15 is 0 Å². The molecule has 0 aromatic rings. The minimum Gasteiger partial charge on any atom is -0.380 e. The SMILES string of the molecule is CCCCOCCN1CCC(N)C(C)C1C. The number of hydrogen-bond donors (Lipinski definition) is 1. The third-order valence-electron chi connectivity index (χ3n) is 3.93. The van der Waals surface area contributed by atoms with Crippen molar-refractivity contribution in [3.8, 4) is 0 Å². The molecule has 1 saturated heterocycles. The maximum absolute atomic E-state index is 6.07. The maximum Gasteiger partial charge on any atom is 0.0593 e. The Labute approximate surface area is 100 Å². The van der Waals surface area contributed by atoms with Crippen LogP contribution in [0.3, 0.4) is 0 Å². The molecule has 0 radical (unpaired) electrons. The van der Waals surface area contributed by atoms with Crippen LogP contribution in [0.2, 0.25) is 0 Å². The molecule has 0 amide bonds. The van der Waals surface area contributed by atoms with E-state index in [2.05, 4.69) is 25.7 Å². The first kappa shape index (κ1) is 13.9. The van der Waals surface area contributed by atoms with E-state index in [0.717, 1.165) is 32.7 Å². The molecule has 0 saturated carbocycles. The van der Waals surface area contributed by atoms with Crippen LogP contribution in [0.4, 0.5) is 0 Å². The van der Waals surface area contributed by atoms with Gasteiger partial charge in [0.15, 0.2) is 0 Å². The molecule has 1 aliphatic heterocycles. The highest BCUT2D eigenvalue weighted by Crippen LogP contribution is 2.21. The van der Waals surface area contributed by atoms with Gasteiger partial charge in [-0.2, -0.15) is 0 Å². The Bertz CT molecular complexity index is 187. The average Bonchev–Trinajstić information content (AvgIpc) is 2.28. The van der Waals surface area contributed by atoms with Crippen molar-refractivity contribution in [2.75, 3.05) is 26.3 Å². The van der Waals surface area contributed by atoms with Crippen molar-refractivity contribution in [2.24, 2.45) is 11.7 Å². The Morgan fingerprint density at radius 3 is 2.75 bits per heavy atom. The standard InChI is InChI=1S/C13H28N2O/c1-4-5-9-16-10-8-15-7-6-13(14)11(2)12(15)3/h11-13H,4-10,14H2,1-3H3. The summed E-state index contributed by atoms with van der Waals surface area (Å²) in [4.78, 5) is 2.51. The van der Waals surface area contributed by atoms with E-state index in [-0.39, 0.29) is 0 Å². The molecular weight excluding hydrogens is 200 g/mol. The fourth-order valence-electron chi connectivity index (χ4n) is 2.32. The molecule has 3 unspecified atom stereocenters. The van der Waals surface area contributed by atoms with Gasteiger partial charge in [-0.3, -0.25) is 4.90 Å². The van der Waals surface area contributed by atoms with E-state index in [1.54, 1.807) is 0 Å². The van der Waals surface area contributed by atoms with Crippen molar-refractivity contribution in [2.45, 2.75) is 52.1 Å². The topological polar surface area (TPSA) is 38.5 Å². The van der Waals surface area contributed by atoms with Crippen molar-refractivity contribution >= 4 is 0 Å². The zero-order valence-electron chi connectivity index (χ0n) is 11.1. The van der Waals surface area contributed by atoms with Gasteiger partial charge >= 0.3 is 0 Å². The first-order chi connectivity index (χ1) is 7.66. The van der Waals surface area contributed by atoms with Crippen LogP contribution in [0, 0.1) is 5.92 Å². The molecule has 96 valence electrons. The third kappa shape index (κ3) is 4.04. The van der Waals surface area contributed by atoms with Crippen molar-refractivity contribution in [1.29, 1.82) is 0 Å². The number of ether oxygens (including phenoxy) is 1. The van der Waals surface area contributed by atoms with Gasteiger partial charge in [0, 0.05) is 31.8 Å². The van der Waals surface area contributed by atoms with E-state index in [9.17, 15) is 0 Å². The van der Waals surface area contributed by atoms with Crippen LogP contribution in [-0.2, 0) is 4.74 Å². The highest BCUT2D eigenvalue weighted by atomic mass is 16.5. The minimum absolute atomic E-state index is 0.382. The Balaban J connectivity index is 2.16. The number of hydrogen-bond acceptors (Lipinski definition) is 3. The smallest absolute Gasteiger partial charge is 0.0593 e. The van der Waals surface area contributed by atoms with Gasteiger partial charge < -0.3 is 10.5 Å². The molecule has 0 aromatic carbocycles. The maximum atomic E-state index is 6.07. The van der Waals surface area contributed by atoms with Crippen LogP contribution in [0.1, 0.15) is 40.0 Å². The van der Waals surface area contributed by atoms with Crippen LogP contribution >= 0.6 is 0 Å². The summed E-state index contributed by atoms with van der Waals surface area (Å²) < 4.78 is 5.61. The van der Waals surface area contributed by atoms with E-state index in [1.807, 2.05) is 0 Å². The number of unbranched alkanes of at least 4 members (excludes halogenated alkanes) is 1. The van der Waals surface area contributed by atoms with E-state index in [0.29, 0.717) is 18.0 Å². The zero-order valence-corrected chi connectivity index (χ0v) is 11.1. The summed E-state index contributed by atoms with van der Waals surface area (Å²) in [7, 11) is 0. The van der Waals surface area contributed by atoms with E-state index in [4.69, 9.17) is 10.5 Å². The number of nitrogens with zero attached hydrogens (tertiary/aromatic N) is 1. The molecule has 3 nitrogen and oxygen atoms in total. The number of rotatable bonds is 6. The zero-order chi connectivity index (χ0) is 12.0. The largest absolute Gasteiger partial charge is 0.380 e. The van der Waals surface area contributed by atoms with Crippen LogP contribution < -0.4 is 5.73 Å². The molecular formula is C13H28N2O. The lowest BCUT2D eigenvalue weighted by molar-refractivity contribution is 0.0501. The van der Waals surface area contributed by atoms with Crippen LogP contribution in [-0.4, -0.2) is 43.3 Å². The second-order valence-electron chi connectivity index (χ2n) is 5.05. The molecule has 0 spiro atoms. The number of likely N-dealkylation sites (tertiary alicyclic amines) is 1. The summed E-state index contributed by atoms with van der Waals surface area (Å²) in [5.74, 6) is 0.601. The third-order valence-corrected chi connectivity index (χ3v) is 3.93. The molecule has 1 fully saturated rings. The Morgan fingerprint density at radius 1 is 1.31 bits per heavy atom. The summed E-state index contributed by atoms with van der Waals surface area (Å²) in [6.45, 7) is 10.7. The van der Waals surface area contributed by atoms with Crippen molar-refractivity contribution in [1.82, 2.24) is 4.90 Å². The van der Waals surface area contributed by atoms with Crippen LogP contribution in [0.5, 0.6) is 0 Å². The summed E-state index contributed by atoms with van der Waals surface area (Å²) in [5, 5.41) is 0. The fourth-order valence-corrected chi connectivity index (χ4v) is 2.32. The predicted molar refractivity (Wildman–Crippen MR) is 68.5 cm³/mol. The van der Waals surface area contributed by atoms with Gasteiger partial charge in [0.2, 0.25) is 0 Å². The Kier molecular flexibility index (Phi) is 6.32. The number of piperidine rings is 1. The van der Waals surface area contributed by atoms with Gasteiger partial charge in [-0.25, -0.2) is 0 Å². The van der Waals surface area contributed by atoms with Crippen LogP contribution in [0.15, 0.2) is 0 Å². The summed E-state index contributed by atoms with van der Waals surface area (Å²) >= 11 is 0. The molecule has 2 N–H and O–H groups in total. The Hall–Kier alpha value is -0.120. The van der Waals surface area contributed by atoms with Gasteiger partial charge in [-0.1, -0.05) is 20.3 Å². The normalized spacial score (nSPS) is 31.9. The highest BCUT2D eigenvalue weighted by Gasteiger charge is 2.29. The molecule has 1 aliphatic rings. The van der Waals surface area contributed by atoms with Gasteiger partial charge in [-0.15, -0.1) is 0 Å². The van der Waals surface area contributed by atoms with Crippen molar-refractivity contribution in [3.63, 3.8) is 0 Å². The molecule has 3 atom stereocenters. The lowest BCUT2D eigenvalue weighted by Gasteiger charge is -2.41. The molecule has 1 heterocycles. The quantitative estimate of drug-likeness (QED) is 0.705. The fraction of sp³-hybridized carbons (Fsp3) is 1.00. The molecule has 0 aliphatic carbocycles. The van der Waals surface area contributed by atoms with Crippen molar-refractivity contribution < 1.29 is 4.74 Å². The number of nitrogens with two attached hydrogens (primary N) is 1. The monoisotopic (exact) mass is 228 g/mol. The lowest BCUT2D eigenvalue weighted by atomic mass is 9.88. The average molecular weight is 228 g/mol. The summed E-state index contributed by atoms with van der Waals surface area (Å²) in [6, 6.07) is 0.978.